The van der Waals surface area contributed by atoms with E-state index in [-0.39, 0.29) is 15.1 Å². The number of hydrogen-bond donors (Lipinski definition) is 1. The maximum atomic E-state index is 13.5. The van der Waals surface area contributed by atoms with Gasteiger partial charge < -0.3 is 4.74 Å². The molecule has 0 atom stereocenters. The zero-order chi connectivity index (χ0) is 15.6. The van der Waals surface area contributed by atoms with Crippen LogP contribution in [0.2, 0.25) is 0 Å². The minimum Gasteiger partial charge on any atom is -0.497 e. The number of benzene rings is 2. The number of methoxy groups -OCH3 is 1. The van der Waals surface area contributed by atoms with E-state index in [0.29, 0.717) is 11.3 Å². The Balaban J connectivity index is 2.34. The van der Waals surface area contributed by atoms with E-state index in [2.05, 4.69) is 20.7 Å². The van der Waals surface area contributed by atoms with Crippen LogP contribution in [0.5, 0.6) is 5.75 Å². The van der Waals surface area contributed by atoms with Gasteiger partial charge >= 0.3 is 0 Å². The topological polar surface area (TPSA) is 55.4 Å². The first-order valence-electron chi connectivity index (χ1n) is 5.96. The summed E-state index contributed by atoms with van der Waals surface area (Å²) < 4.78 is 45.7. The van der Waals surface area contributed by atoms with E-state index in [9.17, 15) is 12.8 Å². The Morgan fingerprint density at radius 1 is 1.19 bits per heavy atom. The second-order valence-corrected chi connectivity index (χ2v) is 6.90. The third-order valence-corrected chi connectivity index (χ3v) is 4.87. The second kappa shape index (κ2) is 6.03. The molecule has 0 unspecified atom stereocenters. The first-order valence-corrected chi connectivity index (χ1v) is 8.23. The molecule has 0 aromatic heterocycles. The number of nitrogens with one attached hydrogen (secondary N) is 1. The molecule has 0 aliphatic carbocycles. The average Bonchev–Trinajstić information content (AvgIpc) is 2.44. The Hall–Kier alpha value is -1.60. The maximum Gasteiger partial charge on any atom is 0.261 e. The van der Waals surface area contributed by atoms with E-state index in [4.69, 9.17) is 4.74 Å². The Kier molecular flexibility index (Phi) is 4.53. The lowest BCUT2D eigenvalue weighted by atomic mass is 10.2. The van der Waals surface area contributed by atoms with Crippen molar-refractivity contribution in [3.05, 3.63) is 52.3 Å². The number of rotatable bonds is 4. The summed E-state index contributed by atoms with van der Waals surface area (Å²) >= 11 is 3.05. The summed E-state index contributed by atoms with van der Waals surface area (Å²) in [5.74, 6) is 0.0212. The lowest BCUT2D eigenvalue weighted by molar-refractivity contribution is 0.414. The lowest BCUT2D eigenvalue weighted by Gasteiger charge is -2.11. The fraction of sp³-hybridized carbons (Fsp3) is 0.143. The molecule has 0 saturated heterocycles. The van der Waals surface area contributed by atoms with E-state index < -0.39 is 15.8 Å². The van der Waals surface area contributed by atoms with Crippen LogP contribution in [0.3, 0.4) is 0 Å². The van der Waals surface area contributed by atoms with Gasteiger partial charge in [-0.1, -0.05) is 0 Å². The van der Waals surface area contributed by atoms with E-state index in [0.717, 1.165) is 6.07 Å². The highest BCUT2D eigenvalue weighted by molar-refractivity contribution is 9.10. The molecule has 0 heterocycles. The molecule has 2 aromatic carbocycles. The molecule has 0 fully saturated rings. The van der Waals surface area contributed by atoms with Gasteiger partial charge in [-0.3, -0.25) is 4.72 Å². The molecule has 21 heavy (non-hydrogen) atoms. The molecule has 112 valence electrons. The number of aryl methyl sites for hydroxylation is 1. The van der Waals surface area contributed by atoms with Gasteiger partial charge in [-0.15, -0.1) is 0 Å². The van der Waals surface area contributed by atoms with Gasteiger partial charge in [0.2, 0.25) is 0 Å². The molecule has 7 heteroatoms. The summed E-state index contributed by atoms with van der Waals surface area (Å²) in [6.07, 6.45) is 0. The Labute approximate surface area is 131 Å². The summed E-state index contributed by atoms with van der Waals surface area (Å²) in [4.78, 5) is 0.0750. The van der Waals surface area contributed by atoms with Crippen LogP contribution in [0.4, 0.5) is 10.1 Å². The van der Waals surface area contributed by atoms with Crippen molar-refractivity contribution >= 4 is 31.6 Å². The molecule has 0 aliphatic heterocycles. The third-order valence-electron chi connectivity index (χ3n) is 2.88. The summed E-state index contributed by atoms with van der Waals surface area (Å²) in [6.45, 7) is 1.69. The summed E-state index contributed by atoms with van der Waals surface area (Å²) in [7, 11) is -2.28. The quantitative estimate of drug-likeness (QED) is 0.888. The minimum absolute atomic E-state index is 0.0750. The van der Waals surface area contributed by atoms with Crippen LogP contribution in [0.1, 0.15) is 5.56 Å². The average molecular weight is 374 g/mol. The van der Waals surface area contributed by atoms with E-state index in [1.54, 1.807) is 19.1 Å². The van der Waals surface area contributed by atoms with E-state index in [1.807, 2.05) is 0 Å². The lowest BCUT2D eigenvalue weighted by Crippen LogP contribution is -2.14. The smallest absolute Gasteiger partial charge is 0.261 e. The van der Waals surface area contributed by atoms with Crippen molar-refractivity contribution in [3.63, 3.8) is 0 Å². The monoisotopic (exact) mass is 373 g/mol. The second-order valence-electron chi connectivity index (χ2n) is 4.36. The molecule has 0 saturated carbocycles. The first kappa shape index (κ1) is 15.8. The first-order chi connectivity index (χ1) is 9.83. The molecule has 4 nitrogen and oxygen atoms in total. The van der Waals surface area contributed by atoms with Gasteiger partial charge in [0.1, 0.15) is 11.6 Å². The largest absolute Gasteiger partial charge is 0.497 e. The molecular weight excluding hydrogens is 361 g/mol. The number of halogens is 2. The van der Waals surface area contributed by atoms with Crippen LogP contribution in [-0.4, -0.2) is 15.5 Å². The molecule has 1 N–H and O–H groups in total. The summed E-state index contributed by atoms with van der Waals surface area (Å²) in [5.41, 5.74) is 0.812. The Morgan fingerprint density at radius 2 is 1.81 bits per heavy atom. The van der Waals surface area contributed by atoms with E-state index >= 15 is 0 Å². The van der Waals surface area contributed by atoms with Crippen molar-refractivity contribution in [2.24, 2.45) is 0 Å². The minimum atomic E-state index is -3.78. The van der Waals surface area contributed by atoms with E-state index in [1.165, 1.54) is 25.3 Å². The normalized spacial score (nSPS) is 11.2. The number of anilines is 1. The van der Waals surface area contributed by atoms with Crippen molar-refractivity contribution in [1.82, 2.24) is 0 Å². The summed E-state index contributed by atoms with van der Waals surface area (Å²) in [6, 6.07) is 8.59. The van der Waals surface area contributed by atoms with Crippen LogP contribution in [0, 0.1) is 12.7 Å². The summed E-state index contributed by atoms with van der Waals surface area (Å²) in [5, 5.41) is 0. The van der Waals surface area contributed by atoms with Crippen molar-refractivity contribution in [3.8, 4) is 5.75 Å². The van der Waals surface area contributed by atoms with Gasteiger partial charge in [0.15, 0.2) is 0 Å². The molecule has 0 aliphatic rings. The standard InChI is InChI=1S/C14H13BrFNO3S/c1-9-7-12(15)13(16)8-14(9)17-21(18,19)11-5-3-10(20-2)4-6-11/h3-8,17H,1-2H3. The van der Waals surface area contributed by atoms with Crippen molar-refractivity contribution in [2.75, 3.05) is 11.8 Å². The fourth-order valence-electron chi connectivity index (χ4n) is 1.71. The van der Waals surface area contributed by atoms with Gasteiger partial charge in [0.25, 0.3) is 10.0 Å². The number of hydrogen-bond acceptors (Lipinski definition) is 3. The number of ether oxygens (including phenoxy) is 1. The van der Waals surface area contributed by atoms with Gasteiger partial charge in [-0.2, -0.15) is 0 Å². The van der Waals surface area contributed by atoms with Crippen LogP contribution in [0.25, 0.3) is 0 Å². The highest BCUT2D eigenvalue weighted by Gasteiger charge is 2.16. The van der Waals surface area contributed by atoms with Crippen LogP contribution >= 0.6 is 15.9 Å². The van der Waals surface area contributed by atoms with Crippen molar-refractivity contribution in [1.29, 1.82) is 0 Å². The highest BCUT2D eigenvalue weighted by Crippen LogP contribution is 2.26. The van der Waals surface area contributed by atoms with Crippen LogP contribution in [0.15, 0.2) is 45.8 Å². The van der Waals surface area contributed by atoms with Gasteiger partial charge in [-0.25, -0.2) is 12.8 Å². The van der Waals surface area contributed by atoms with Crippen molar-refractivity contribution in [2.45, 2.75) is 11.8 Å². The molecule has 0 amide bonds. The van der Waals surface area contributed by atoms with Gasteiger partial charge in [-0.05, 0) is 64.8 Å². The SMILES string of the molecule is COc1ccc(S(=O)(=O)Nc2cc(F)c(Br)cc2C)cc1. The molecular formula is C14H13BrFNO3S. The molecule has 0 spiro atoms. The molecule has 0 radical (unpaired) electrons. The molecule has 2 rings (SSSR count). The highest BCUT2D eigenvalue weighted by atomic mass is 79.9. The Morgan fingerprint density at radius 3 is 2.38 bits per heavy atom. The zero-order valence-corrected chi connectivity index (χ0v) is 13.8. The van der Waals surface area contributed by atoms with Crippen LogP contribution < -0.4 is 9.46 Å². The third kappa shape index (κ3) is 3.54. The van der Waals surface area contributed by atoms with Crippen LogP contribution in [-0.2, 0) is 10.0 Å². The van der Waals surface area contributed by atoms with Gasteiger partial charge in [0, 0.05) is 0 Å². The predicted molar refractivity (Wildman–Crippen MR) is 82.6 cm³/mol. The predicted octanol–water partition coefficient (Wildman–Crippen LogP) is 3.71. The maximum absolute atomic E-state index is 13.5. The Bertz CT molecular complexity index is 761. The van der Waals surface area contributed by atoms with Crippen molar-refractivity contribution < 1.29 is 17.5 Å². The molecule has 0 bridgehead atoms. The fourth-order valence-corrected chi connectivity index (χ4v) is 3.29. The molecule has 2 aromatic rings. The zero-order valence-electron chi connectivity index (χ0n) is 11.4. The number of sulfonamides is 1. The van der Waals surface area contributed by atoms with Gasteiger partial charge in [0.05, 0.1) is 22.2 Å².